The Hall–Kier alpha value is -2.64. The summed E-state index contributed by atoms with van der Waals surface area (Å²) in [5, 5.41) is 0. The van der Waals surface area contributed by atoms with Crippen molar-refractivity contribution in [2.24, 2.45) is 0 Å². The molecule has 1 rings (SSSR count). The van der Waals surface area contributed by atoms with E-state index in [0.29, 0.717) is 0 Å². The second kappa shape index (κ2) is 10.5. The maximum absolute atomic E-state index is 11.6. The molecule has 1 heterocycles. The average molecular weight is 386 g/mol. The highest BCUT2D eigenvalue weighted by Gasteiger charge is 2.52. The zero-order valence-corrected chi connectivity index (χ0v) is 15.5. The van der Waals surface area contributed by atoms with Crippen molar-refractivity contribution in [3.63, 3.8) is 0 Å². The van der Waals surface area contributed by atoms with Gasteiger partial charge in [0.05, 0.1) is 0 Å². The number of hydrogen-bond donors (Lipinski definition) is 0. The summed E-state index contributed by atoms with van der Waals surface area (Å²) in [6, 6.07) is 0. The minimum Gasteiger partial charge on any atom is -0.463 e. The molecule has 0 N–H and O–H groups in total. The molecule has 0 radical (unpaired) electrons. The first-order chi connectivity index (χ1) is 12.6. The lowest BCUT2D eigenvalue weighted by molar-refractivity contribution is -0.305. The molecule has 1 aliphatic heterocycles. The summed E-state index contributed by atoms with van der Waals surface area (Å²) < 4.78 is 31.5. The first-order valence-corrected chi connectivity index (χ1v) is 8.01. The topological polar surface area (TPSA) is 124 Å². The smallest absolute Gasteiger partial charge is 0.303 e. The average Bonchev–Trinajstić information content (AvgIpc) is 2.54. The van der Waals surface area contributed by atoms with Crippen LogP contribution in [0.5, 0.6) is 0 Å². The molecular weight excluding hydrogens is 364 g/mol. The molecule has 0 bridgehead atoms. The lowest BCUT2D eigenvalue weighted by atomic mass is 9.98. The molecule has 10 heteroatoms. The molecule has 10 nitrogen and oxygen atoms in total. The zero-order valence-electron chi connectivity index (χ0n) is 15.5. The van der Waals surface area contributed by atoms with Crippen LogP contribution in [0.4, 0.5) is 0 Å². The molecule has 1 unspecified atom stereocenters. The molecule has 0 aromatic carbocycles. The molecule has 1 aliphatic rings. The SMILES string of the molecule is C#CCOC1O[C@H](COC(C)=O)[C@@H](OC(C)=O)[C@H](OC(C)=O)[C@H]1OC(C)=O. The standard InChI is InChI=1S/C17H22O10/c1-6-7-22-17-16(26-12(5)21)15(25-11(4)20)14(24-10(3)19)13(27-17)8-23-9(2)18/h1,13-17H,7-8H2,2-5H3/t13-,14-,15+,16-,17?/m1/s1. The van der Waals surface area contributed by atoms with Crippen molar-refractivity contribution in [1.82, 2.24) is 0 Å². The van der Waals surface area contributed by atoms with Gasteiger partial charge in [-0.2, -0.15) is 0 Å². The number of esters is 4. The number of carbonyl (C=O) groups excluding carboxylic acids is 4. The maximum Gasteiger partial charge on any atom is 0.303 e. The second-order valence-electron chi connectivity index (χ2n) is 5.58. The molecule has 0 spiro atoms. The van der Waals surface area contributed by atoms with Crippen molar-refractivity contribution in [2.45, 2.75) is 58.4 Å². The van der Waals surface area contributed by atoms with Crippen molar-refractivity contribution >= 4 is 23.9 Å². The summed E-state index contributed by atoms with van der Waals surface area (Å²) in [5.74, 6) is -0.519. The molecule has 0 aliphatic carbocycles. The van der Waals surface area contributed by atoms with Crippen LogP contribution in [0.3, 0.4) is 0 Å². The van der Waals surface area contributed by atoms with Gasteiger partial charge in [0.15, 0.2) is 24.6 Å². The minimum absolute atomic E-state index is 0.201. The minimum atomic E-state index is -1.27. The fraction of sp³-hybridized carbons (Fsp3) is 0.647. The van der Waals surface area contributed by atoms with Gasteiger partial charge in [-0.05, 0) is 0 Å². The Morgan fingerprint density at radius 2 is 1.37 bits per heavy atom. The Morgan fingerprint density at radius 3 is 1.85 bits per heavy atom. The molecule has 5 atom stereocenters. The highest BCUT2D eigenvalue weighted by molar-refractivity contribution is 5.68. The van der Waals surface area contributed by atoms with Crippen molar-refractivity contribution in [1.29, 1.82) is 0 Å². The van der Waals surface area contributed by atoms with Crippen LogP contribution >= 0.6 is 0 Å². The first-order valence-electron chi connectivity index (χ1n) is 8.01. The fourth-order valence-electron chi connectivity index (χ4n) is 2.45. The van der Waals surface area contributed by atoms with E-state index in [0.717, 1.165) is 20.8 Å². The predicted molar refractivity (Wildman–Crippen MR) is 86.7 cm³/mol. The lowest BCUT2D eigenvalue weighted by Crippen LogP contribution is -2.62. The van der Waals surface area contributed by atoms with Crippen LogP contribution in [0.15, 0.2) is 0 Å². The van der Waals surface area contributed by atoms with E-state index in [1.165, 1.54) is 6.92 Å². The highest BCUT2D eigenvalue weighted by Crippen LogP contribution is 2.29. The van der Waals surface area contributed by atoms with Gasteiger partial charge in [0.25, 0.3) is 0 Å². The van der Waals surface area contributed by atoms with Crippen LogP contribution in [0.25, 0.3) is 0 Å². The lowest BCUT2D eigenvalue weighted by Gasteiger charge is -2.43. The zero-order chi connectivity index (χ0) is 20.6. The van der Waals surface area contributed by atoms with Gasteiger partial charge in [-0.1, -0.05) is 5.92 Å². The quantitative estimate of drug-likeness (QED) is 0.328. The molecular formula is C17H22O10. The van der Waals surface area contributed by atoms with E-state index in [4.69, 9.17) is 34.8 Å². The number of rotatable bonds is 7. The summed E-state index contributed by atoms with van der Waals surface area (Å²) in [4.78, 5) is 45.7. The van der Waals surface area contributed by atoms with E-state index in [2.05, 4.69) is 5.92 Å². The molecule has 0 aromatic rings. The van der Waals surface area contributed by atoms with E-state index in [1.54, 1.807) is 0 Å². The van der Waals surface area contributed by atoms with Gasteiger partial charge in [-0.15, -0.1) is 6.42 Å². The predicted octanol–water partition coefficient (Wildman–Crippen LogP) is -0.281. The van der Waals surface area contributed by atoms with Gasteiger partial charge in [0.1, 0.15) is 19.3 Å². The first kappa shape index (κ1) is 22.4. The number of ether oxygens (including phenoxy) is 6. The molecule has 1 saturated heterocycles. The van der Waals surface area contributed by atoms with E-state index in [1.807, 2.05) is 0 Å². The van der Waals surface area contributed by atoms with Crippen LogP contribution < -0.4 is 0 Å². The number of terminal acetylenes is 1. The monoisotopic (exact) mass is 386 g/mol. The van der Waals surface area contributed by atoms with E-state index in [-0.39, 0.29) is 13.2 Å². The maximum atomic E-state index is 11.6. The third-order valence-electron chi connectivity index (χ3n) is 3.28. The van der Waals surface area contributed by atoms with Crippen molar-refractivity contribution < 1.29 is 47.6 Å². The van der Waals surface area contributed by atoms with Gasteiger partial charge in [-0.3, -0.25) is 19.2 Å². The van der Waals surface area contributed by atoms with E-state index < -0.39 is 54.6 Å². The molecule has 1 fully saturated rings. The Bertz CT molecular complexity index is 607. The summed E-state index contributed by atoms with van der Waals surface area (Å²) >= 11 is 0. The van der Waals surface area contributed by atoms with Crippen LogP contribution in [0, 0.1) is 12.3 Å². The van der Waals surface area contributed by atoms with Crippen molar-refractivity contribution in [3.8, 4) is 12.3 Å². The number of carbonyl (C=O) groups is 4. The van der Waals surface area contributed by atoms with Crippen molar-refractivity contribution in [2.75, 3.05) is 13.2 Å². The van der Waals surface area contributed by atoms with Gasteiger partial charge < -0.3 is 28.4 Å². The van der Waals surface area contributed by atoms with Crippen LogP contribution in [0.2, 0.25) is 0 Å². The van der Waals surface area contributed by atoms with Crippen molar-refractivity contribution in [3.05, 3.63) is 0 Å². The van der Waals surface area contributed by atoms with Crippen LogP contribution in [-0.2, 0) is 47.6 Å². The third-order valence-corrected chi connectivity index (χ3v) is 3.28. The van der Waals surface area contributed by atoms with Crippen LogP contribution in [0.1, 0.15) is 27.7 Å². The summed E-state index contributed by atoms with van der Waals surface area (Å²) in [7, 11) is 0. The van der Waals surface area contributed by atoms with Gasteiger partial charge in [0.2, 0.25) is 0 Å². The second-order valence-corrected chi connectivity index (χ2v) is 5.58. The Balaban J connectivity index is 3.25. The molecule has 0 saturated carbocycles. The van der Waals surface area contributed by atoms with Crippen LogP contribution in [-0.4, -0.2) is 67.8 Å². The third kappa shape index (κ3) is 7.24. The molecule has 0 amide bonds. The van der Waals surface area contributed by atoms with Gasteiger partial charge >= 0.3 is 23.9 Å². The Kier molecular flexibility index (Phi) is 8.71. The number of hydrogen-bond acceptors (Lipinski definition) is 10. The fourth-order valence-corrected chi connectivity index (χ4v) is 2.45. The largest absolute Gasteiger partial charge is 0.463 e. The highest BCUT2D eigenvalue weighted by atomic mass is 16.7. The Labute approximate surface area is 156 Å². The molecule has 27 heavy (non-hydrogen) atoms. The van der Waals surface area contributed by atoms with E-state index >= 15 is 0 Å². The van der Waals surface area contributed by atoms with Gasteiger partial charge in [0, 0.05) is 27.7 Å². The molecule has 150 valence electrons. The Morgan fingerprint density at radius 1 is 0.852 bits per heavy atom. The molecule has 0 aromatic heterocycles. The van der Waals surface area contributed by atoms with E-state index in [9.17, 15) is 19.2 Å². The summed E-state index contributed by atoms with van der Waals surface area (Å²) in [6.45, 7) is 4.05. The van der Waals surface area contributed by atoms with Gasteiger partial charge in [-0.25, -0.2) is 0 Å². The summed E-state index contributed by atoms with van der Waals surface area (Å²) in [6.07, 6.45) is -0.894. The summed E-state index contributed by atoms with van der Waals surface area (Å²) in [5.41, 5.74) is 0. The normalized spacial score (nSPS) is 27.0.